The highest BCUT2D eigenvalue weighted by molar-refractivity contribution is 6.18. The van der Waals surface area contributed by atoms with Crippen LogP contribution in [0.2, 0.25) is 0 Å². The SMILES string of the molecule is CC1CC(CCl)(C2CCCC2)C1. The van der Waals surface area contributed by atoms with Gasteiger partial charge >= 0.3 is 0 Å². The maximum Gasteiger partial charge on any atom is 0.0282 e. The maximum atomic E-state index is 6.11. The maximum absolute atomic E-state index is 6.11. The van der Waals surface area contributed by atoms with E-state index in [-0.39, 0.29) is 0 Å². The zero-order valence-corrected chi connectivity index (χ0v) is 8.74. The minimum atomic E-state index is 0.581. The van der Waals surface area contributed by atoms with Gasteiger partial charge in [-0.15, -0.1) is 11.6 Å². The van der Waals surface area contributed by atoms with Gasteiger partial charge in [0.1, 0.15) is 0 Å². The van der Waals surface area contributed by atoms with Gasteiger partial charge in [-0.3, -0.25) is 0 Å². The summed E-state index contributed by atoms with van der Waals surface area (Å²) in [6.45, 7) is 2.36. The molecule has 0 atom stereocenters. The fraction of sp³-hybridized carbons (Fsp3) is 1.00. The van der Waals surface area contributed by atoms with Gasteiger partial charge in [0.05, 0.1) is 0 Å². The van der Waals surface area contributed by atoms with E-state index >= 15 is 0 Å². The molecule has 1 heteroatoms. The minimum absolute atomic E-state index is 0.581. The van der Waals surface area contributed by atoms with Crippen LogP contribution in [0.5, 0.6) is 0 Å². The second-order valence-electron chi connectivity index (χ2n) is 4.99. The topological polar surface area (TPSA) is 0 Å². The molecule has 2 aliphatic rings. The van der Waals surface area contributed by atoms with Crippen molar-refractivity contribution in [3.63, 3.8) is 0 Å². The predicted octanol–water partition coefficient (Wildman–Crippen LogP) is 3.83. The van der Waals surface area contributed by atoms with Gasteiger partial charge in [0.25, 0.3) is 0 Å². The first kappa shape index (κ1) is 8.87. The van der Waals surface area contributed by atoms with Gasteiger partial charge in [-0.2, -0.15) is 0 Å². The monoisotopic (exact) mass is 186 g/mol. The molecule has 0 saturated heterocycles. The fourth-order valence-corrected chi connectivity index (χ4v) is 3.85. The van der Waals surface area contributed by atoms with E-state index in [4.69, 9.17) is 11.6 Å². The molecule has 2 aliphatic carbocycles. The lowest BCUT2D eigenvalue weighted by atomic mass is 9.57. The lowest BCUT2D eigenvalue weighted by molar-refractivity contribution is 0.0255. The molecule has 0 nitrogen and oxygen atoms in total. The van der Waals surface area contributed by atoms with Crippen LogP contribution in [-0.4, -0.2) is 5.88 Å². The Kier molecular flexibility index (Phi) is 2.37. The molecule has 0 spiro atoms. The van der Waals surface area contributed by atoms with Crippen molar-refractivity contribution in [3.05, 3.63) is 0 Å². The van der Waals surface area contributed by atoms with Crippen LogP contribution in [0.1, 0.15) is 45.4 Å². The largest absolute Gasteiger partial charge is 0.126 e. The van der Waals surface area contributed by atoms with Crippen molar-refractivity contribution < 1.29 is 0 Å². The Labute approximate surface area is 80.7 Å². The van der Waals surface area contributed by atoms with Crippen molar-refractivity contribution in [2.75, 3.05) is 5.88 Å². The Morgan fingerprint density at radius 3 is 2.25 bits per heavy atom. The first-order valence-corrected chi connectivity index (χ1v) is 5.86. The molecule has 0 amide bonds. The molecule has 2 saturated carbocycles. The predicted molar refractivity (Wildman–Crippen MR) is 53.5 cm³/mol. The molecule has 0 radical (unpaired) electrons. The summed E-state index contributed by atoms with van der Waals surface area (Å²) in [5.74, 6) is 2.85. The summed E-state index contributed by atoms with van der Waals surface area (Å²) in [5.41, 5.74) is 0.581. The standard InChI is InChI=1S/C11H19Cl/c1-9-6-11(7-9,8-12)10-4-2-3-5-10/h9-10H,2-8H2,1H3. The second kappa shape index (κ2) is 3.21. The van der Waals surface area contributed by atoms with E-state index in [0.717, 1.165) is 17.7 Å². The first-order valence-electron chi connectivity index (χ1n) is 5.33. The zero-order valence-electron chi connectivity index (χ0n) is 7.98. The van der Waals surface area contributed by atoms with Crippen LogP contribution < -0.4 is 0 Å². The lowest BCUT2D eigenvalue weighted by Gasteiger charge is -2.50. The molecule has 0 N–H and O–H groups in total. The van der Waals surface area contributed by atoms with Crippen molar-refractivity contribution >= 4 is 11.6 Å². The van der Waals surface area contributed by atoms with Crippen molar-refractivity contribution in [3.8, 4) is 0 Å². The van der Waals surface area contributed by atoms with Gasteiger partial charge in [-0.25, -0.2) is 0 Å². The third kappa shape index (κ3) is 1.28. The van der Waals surface area contributed by atoms with Crippen LogP contribution in [0.4, 0.5) is 0 Å². The Balaban J connectivity index is 1.98. The molecule has 0 aromatic carbocycles. The van der Waals surface area contributed by atoms with Gasteiger partial charge < -0.3 is 0 Å². The summed E-state index contributed by atoms with van der Waals surface area (Å²) < 4.78 is 0. The third-order valence-electron chi connectivity index (χ3n) is 4.00. The van der Waals surface area contributed by atoms with Crippen molar-refractivity contribution in [1.29, 1.82) is 0 Å². The fourth-order valence-electron chi connectivity index (χ4n) is 3.42. The van der Waals surface area contributed by atoms with Gasteiger partial charge in [0, 0.05) is 5.88 Å². The minimum Gasteiger partial charge on any atom is -0.126 e. The van der Waals surface area contributed by atoms with Crippen LogP contribution >= 0.6 is 11.6 Å². The normalized spacial score (nSPS) is 43.0. The van der Waals surface area contributed by atoms with Gasteiger partial charge in [0.15, 0.2) is 0 Å². The molecule has 70 valence electrons. The Morgan fingerprint density at radius 1 is 1.25 bits per heavy atom. The Bertz CT molecular complexity index is 152. The molecule has 0 aromatic heterocycles. The molecule has 2 rings (SSSR count). The summed E-state index contributed by atoms with van der Waals surface area (Å²) in [5, 5.41) is 0. The molecule has 12 heavy (non-hydrogen) atoms. The summed E-state index contributed by atoms with van der Waals surface area (Å²) in [7, 11) is 0. The van der Waals surface area contributed by atoms with E-state index in [1.54, 1.807) is 0 Å². The number of rotatable bonds is 2. The van der Waals surface area contributed by atoms with Crippen LogP contribution in [0.15, 0.2) is 0 Å². The van der Waals surface area contributed by atoms with Gasteiger partial charge in [-0.1, -0.05) is 19.8 Å². The van der Waals surface area contributed by atoms with E-state index in [1.807, 2.05) is 0 Å². The summed E-state index contributed by atoms with van der Waals surface area (Å²) >= 11 is 6.11. The second-order valence-corrected chi connectivity index (χ2v) is 5.26. The first-order chi connectivity index (χ1) is 5.77. The number of halogens is 1. The summed E-state index contributed by atoms with van der Waals surface area (Å²) in [6, 6.07) is 0. The number of hydrogen-bond donors (Lipinski definition) is 0. The smallest absolute Gasteiger partial charge is 0.0282 e. The third-order valence-corrected chi connectivity index (χ3v) is 4.53. The van der Waals surface area contributed by atoms with Gasteiger partial charge in [-0.05, 0) is 42.9 Å². The lowest BCUT2D eigenvalue weighted by Crippen LogP contribution is -2.43. The summed E-state index contributed by atoms with van der Waals surface area (Å²) in [4.78, 5) is 0. The number of hydrogen-bond acceptors (Lipinski definition) is 0. The van der Waals surface area contributed by atoms with E-state index in [1.165, 1.54) is 38.5 Å². The van der Waals surface area contributed by atoms with Crippen molar-refractivity contribution in [2.45, 2.75) is 45.4 Å². The molecule has 0 bridgehead atoms. The molecule has 0 unspecified atom stereocenters. The zero-order chi connectivity index (χ0) is 8.60. The molecular formula is C11H19Cl. The van der Waals surface area contributed by atoms with E-state index in [9.17, 15) is 0 Å². The Morgan fingerprint density at radius 2 is 1.83 bits per heavy atom. The average molecular weight is 187 g/mol. The van der Waals surface area contributed by atoms with Gasteiger partial charge in [0.2, 0.25) is 0 Å². The van der Waals surface area contributed by atoms with E-state index < -0.39 is 0 Å². The highest BCUT2D eigenvalue weighted by Gasteiger charge is 2.47. The van der Waals surface area contributed by atoms with Crippen LogP contribution in [0.25, 0.3) is 0 Å². The van der Waals surface area contributed by atoms with Crippen LogP contribution in [0.3, 0.4) is 0 Å². The average Bonchev–Trinajstić information content (AvgIpc) is 2.50. The van der Waals surface area contributed by atoms with E-state index in [0.29, 0.717) is 5.41 Å². The molecular weight excluding hydrogens is 168 g/mol. The highest BCUT2D eigenvalue weighted by atomic mass is 35.5. The summed E-state index contributed by atoms with van der Waals surface area (Å²) in [6.07, 6.45) is 8.64. The van der Waals surface area contributed by atoms with Crippen molar-refractivity contribution in [2.24, 2.45) is 17.3 Å². The van der Waals surface area contributed by atoms with E-state index in [2.05, 4.69) is 6.92 Å². The highest BCUT2D eigenvalue weighted by Crippen LogP contribution is 2.55. The molecule has 0 heterocycles. The quantitative estimate of drug-likeness (QED) is 0.575. The molecule has 0 aromatic rings. The number of alkyl halides is 1. The Hall–Kier alpha value is 0.290. The molecule has 2 fully saturated rings. The van der Waals surface area contributed by atoms with Crippen LogP contribution in [0, 0.1) is 17.3 Å². The van der Waals surface area contributed by atoms with Crippen LogP contribution in [-0.2, 0) is 0 Å². The van der Waals surface area contributed by atoms with Crippen molar-refractivity contribution in [1.82, 2.24) is 0 Å². The molecule has 0 aliphatic heterocycles.